The van der Waals surface area contributed by atoms with Crippen LogP contribution in [-0.2, 0) is 0 Å². The van der Waals surface area contributed by atoms with Crippen LogP contribution < -0.4 is 5.73 Å². The molecule has 0 aliphatic rings. The molecular weight excluding hydrogens is 303 g/mol. The highest BCUT2D eigenvalue weighted by Gasteiger charge is 2.14. The van der Waals surface area contributed by atoms with Crippen molar-refractivity contribution in [3.63, 3.8) is 0 Å². The smallest absolute Gasteiger partial charge is 0.339 e. The Kier molecular flexibility index (Phi) is 4.79. The molecule has 6 nitrogen and oxygen atoms in total. The molecule has 0 radical (unpaired) electrons. The number of ketones is 1. The lowest BCUT2D eigenvalue weighted by atomic mass is 10.1. The van der Waals surface area contributed by atoms with Gasteiger partial charge >= 0.3 is 6.03 Å². The van der Waals surface area contributed by atoms with E-state index in [1.54, 1.807) is 0 Å². The Morgan fingerprint density at radius 3 is 2.52 bits per heavy atom. The quantitative estimate of drug-likeness (QED) is 0.392. The number of hydrogen-bond donors (Lipinski definition) is 2. The van der Waals surface area contributed by atoms with Crippen LogP contribution in [0.2, 0.25) is 0 Å². The van der Waals surface area contributed by atoms with Crippen LogP contribution >= 0.6 is 0 Å². The van der Waals surface area contributed by atoms with Gasteiger partial charge in [0.1, 0.15) is 11.9 Å². The van der Waals surface area contributed by atoms with E-state index in [0.717, 1.165) is 0 Å². The van der Waals surface area contributed by atoms with Crippen LogP contribution in [-0.4, -0.2) is 28.1 Å². The van der Waals surface area contributed by atoms with Gasteiger partial charge in [0.05, 0.1) is 0 Å². The van der Waals surface area contributed by atoms with E-state index < -0.39 is 23.7 Å². The predicted molar refractivity (Wildman–Crippen MR) is 78.1 cm³/mol. The molecule has 2 rings (SSSR count). The Hall–Kier alpha value is -3.11. The molecule has 2 amide bonds. The number of furan rings is 1. The molecule has 3 N–H and O–H groups in total. The third-order valence-electron chi connectivity index (χ3n) is 2.93. The number of amides is 2. The van der Waals surface area contributed by atoms with Crippen molar-refractivity contribution < 1.29 is 23.6 Å². The van der Waals surface area contributed by atoms with Crippen LogP contribution in [0.3, 0.4) is 0 Å². The molecule has 1 aromatic carbocycles. The van der Waals surface area contributed by atoms with Crippen molar-refractivity contribution in [1.29, 1.82) is 0 Å². The van der Waals surface area contributed by atoms with E-state index in [-0.39, 0.29) is 22.1 Å². The van der Waals surface area contributed by atoms with Crippen LogP contribution in [0, 0.1) is 17.7 Å². The van der Waals surface area contributed by atoms with Crippen LogP contribution in [0.4, 0.5) is 9.18 Å². The predicted octanol–water partition coefficient (Wildman–Crippen LogP) is 2.16. The van der Waals surface area contributed by atoms with Gasteiger partial charge in [-0.2, -0.15) is 5.06 Å². The molecule has 7 heteroatoms. The number of hydroxylamine groups is 2. The van der Waals surface area contributed by atoms with Crippen molar-refractivity contribution in [3.8, 4) is 11.8 Å². The number of primary amides is 1. The van der Waals surface area contributed by atoms with E-state index in [1.807, 2.05) is 0 Å². The topological polar surface area (TPSA) is 96.8 Å². The van der Waals surface area contributed by atoms with Crippen molar-refractivity contribution in [2.24, 2.45) is 5.73 Å². The fraction of sp³-hybridized carbons (Fsp3) is 0.125. The molecule has 0 aliphatic carbocycles. The minimum absolute atomic E-state index is 0.0457. The van der Waals surface area contributed by atoms with Gasteiger partial charge in [-0.05, 0) is 49.2 Å². The van der Waals surface area contributed by atoms with Gasteiger partial charge in [0.15, 0.2) is 11.5 Å². The van der Waals surface area contributed by atoms with Gasteiger partial charge in [0.2, 0.25) is 5.78 Å². The number of halogens is 1. The molecule has 0 aliphatic heterocycles. The number of urea groups is 1. The Morgan fingerprint density at radius 2 is 1.91 bits per heavy atom. The van der Waals surface area contributed by atoms with Crippen molar-refractivity contribution in [2.45, 2.75) is 13.0 Å². The average Bonchev–Trinajstić information content (AvgIpc) is 3.00. The number of rotatable bonds is 3. The summed E-state index contributed by atoms with van der Waals surface area (Å²) in [5.41, 5.74) is 5.18. The number of hydrogen-bond acceptors (Lipinski definition) is 4. The SMILES string of the molecule is CC(C#Cc1ccc(C(=O)c2ccc(F)cc2)o1)N(O)C(N)=O. The second-order valence-corrected chi connectivity index (χ2v) is 4.63. The first kappa shape index (κ1) is 16.3. The van der Waals surface area contributed by atoms with Crippen LogP contribution in [0.1, 0.15) is 28.8 Å². The number of carbonyl (C=O) groups excluding carboxylic acids is 2. The summed E-state index contributed by atoms with van der Waals surface area (Å²) in [4.78, 5) is 22.9. The monoisotopic (exact) mass is 316 g/mol. The first-order valence-corrected chi connectivity index (χ1v) is 6.57. The Morgan fingerprint density at radius 1 is 1.26 bits per heavy atom. The summed E-state index contributed by atoms with van der Waals surface area (Å²) in [6, 6.07) is 6.10. The lowest BCUT2D eigenvalue weighted by Gasteiger charge is -2.14. The van der Waals surface area contributed by atoms with Gasteiger partial charge in [0, 0.05) is 5.56 Å². The fourth-order valence-electron chi connectivity index (χ4n) is 1.70. The molecule has 23 heavy (non-hydrogen) atoms. The van der Waals surface area contributed by atoms with E-state index >= 15 is 0 Å². The fourth-order valence-corrected chi connectivity index (χ4v) is 1.70. The molecule has 1 aromatic heterocycles. The molecule has 0 saturated heterocycles. The largest absolute Gasteiger partial charge is 0.444 e. The summed E-state index contributed by atoms with van der Waals surface area (Å²) in [6.07, 6.45) is 0. The van der Waals surface area contributed by atoms with Gasteiger partial charge < -0.3 is 10.2 Å². The summed E-state index contributed by atoms with van der Waals surface area (Å²) in [6.45, 7) is 1.46. The number of nitrogens with two attached hydrogens (primary N) is 1. The van der Waals surface area contributed by atoms with Crippen molar-refractivity contribution in [3.05, 3.63) is 59.3 Å². The standard InChI is InChI=1S/C16H13FN2O4/c1-10(19(22)16(18)21)2-7-13-8-9-14(23-13)15(20)11-3-5-12(17)6-4-11/h3-6,8-10,22H,1H3,(H2,18,21). The summed E-state index contributed by atoms with van der Waals surface area (Å²) in [5, 5.41) is 9.56. The summed E-state index contributed by atoms with van der Waals surface area (Å²) in [7, 11) is 0. The van der Waals surface area contributed by atoms with E-state index in [2.05, 4.69) is 11.8 Å². The molecular formula is C16H13FN2O4. The third-order valence-corrected chi connectivity index (χ3v) is 2.93. The Bertz CT molecular complexity index is 786. The highest BCUT2D eigenvalue weighted by Crippen LogP contribution is 2.13. The first-order chi connectivity index (χ1) is 10.9. The third kappa shape index (κ3) is 3.96. The molecule has 2 aromatic rings. The normalized spacial score (nSPS) is 11.3. The van der Waals surface area contributed by atoms with Crippen molar-refractivity contribution in [2.75, 3.05) is 0 Å². The first-order valence-electron chi connectivity index (χ1n) is 6.57. The van der Waals surface area contributed by atoms with Gasteiger partial charge in [-0.1, -0.05) is 5.92 Å². The number of nitrogens with zero attached hydrogens (tertiary/aromatic N) is 1. The molecule has 0 spiro atoms. The average molecular weight is 316 g/mol. The van der Waals surface area contributed by atoms with Crippen molar-refractivity contribution in [1.82, 2.24) is 5.06 Å². The van der Waals surface area contributed by atoms with E-state index in [4.69, 9.17) is 10.2 Å². The molecule has 118 valence electrons. The van der Waals surface area contributed by atoms with Gasteiger partial charge in [-0.15, -0.1) is 0 Å². The van der Waals surface area contributed by atoms with Gasteiger partial charge in [-0.25, -0.2) is 9.18 Å². The van der Waals surface area contributed by atoms with E-state index in [1.165, 1.54) is 43.3 Å². The highest BCUT2D eigenvalue weighted by atomic mass is 19.1. The zero-order valence-electron chi connectivity index (χ0n) is 12.1. The summed E-state index contributed by atoms with van der Waals surface area (Å²) in [5.74, 6) is 4.50. The Balaban J connectivity index is 2.14. The molecule has 1 atom stereocenters. The van der Waals surface area contributed by atoms with Gasteiger partial charge in [0.25, 0.3) is 0 Å². The molecule has 1 unspecified atom stereocenters. The minimum atomic E-state index is -1.03. The molecule has 0 saturated carbocycles. The van der Waals surface area contributed by atoms with E-state index in [9.17, 15) is 19.2 Å². The van der Waals surface area contributed by atoms with Crippen LogP contribution in [0.15, 0.2) is 40.8 Å². The van der Waals surface area contributed by atoms with Gasteiger partial charge in [-0.3, -0.25) is 10.0 Å². The zero-order chi connectivity index (χ0) is 17.0. The maximum Gasteiger partial charge on any atom is 0.339 e. The lowest BCUT2D eigenvalue weighted by molar-refractivity contribution is -0.0536. The van der Waals surface area contributed by atoms with Crippen LogP contribution in [0.25, 0.3) is 0 Å². The summed E-state index contributed by atoms with van der Waals surface area (Å²) < 4.78 is 18.1. The second-order valence-electron chi connectivity index (χ2n) is 4.63. The minimum Gasteiger partial charge on any atom is -0.444 e. The number of carbonyl (C=O) groups is 2. The van der Waals surface area contributed by atoms with E-state index in [0.29, 0.717) is 0 Å². The second kappa shape index (κ2) is 6.77. The van der Waals surface area contributed by atoms with Crippen molar-refractivity contribution >= 4 is 11.8 Å². The number of benzene rings is 1. The maximum atomic E-state index is 12.8. The molecule has 0 bridgehead atoms. The summed E-state index contributed by atoms with van der Waals surface area (Å²) >= 11 is 0. The maximum absolute atomic E-state index is 12.8. The zero-order valence-corrected chi connectivity index (χ0v) is 12.1. The lowest BCUT2D eigenvalue weighted by Crippen LogP contribution is -2.38. The molecule has 0 fully saturated rings. The van der Waals surface area contributed by atoms with Crippen LogP contribution in [0.5, 0.6) is 0 Å². The Labute approximate surface area is 131 Å². The molecule has 1 heterocycles. The highest BCUT2D eigenvalue weighted by molar-refractivity contribution is 6.07.